The van der Waals surface area contributed by atoms with Crippen LogP contribution in [0.15, 0.2) is 35.7 Å². The molecule has 1 aromatic carbocycles. The summed E-state index contributed by atoms with van der Waals surface area (Å²) in [5, 5.41) is 13.7. The topological polar surface area (TPSA) is 78.9 Å². The van der Waals surface area contributed by atoms with E-state index >= 15 is 0 Å². The lowest BCUT2D eigenvalue weighted by atomic mass is 10.1. The Morgan fingerprint density at radius 1 is 1.32 bits per heavy atom. The summed E-state index contributed by atoms with van der Waals surface area (Å²) >= 11 is 1.51. The van der Waals surface area contributed by atoms with Crippen LogP contribution in [0.25, 0.3) is 0 Å². The molecule has 0 fully saturated rings. The number of thiophene rings is 1. The Morgan fingerprint density at radius 2 is 2.05 bits per heavy atom. The van der Waals surface area contributed by atoms with Gasteiger partial charge in [0.25, 0.3) is 0 Å². The number of hydrogen-bond acceptors (Lipinski definition) is 4. The van der Waals surface area contributed by atoms with Crippen LogP contribution in [0.5, 0.6) is 0 Å². The lowest BCUT2D eigenvalue weighted by molar-refractivity contribution is 0.100. The van der Waals surface area contributed by atoms with Crippen molar-refractivity contribution >= 4 is 17.2 Å². The number of nitriles is 1. The van der Waals surface area contributed by atoms with E-state index in [4.69, 9.17) is 11.0 Å². The van der Waals surface area contributed by atoms with E-state index in [9.17, 15) is 4.79 Å². The zero-order chi connectivity index (χ0) is 13.7. The van der Waals surface area contributed by atoms with Gasteiger partial charge in [-0.05, 0) is 23.8 Å². The highest BCUT2D eigenvalue weighted by Crippen LogP contribution is 2.14. The molecule has 0 radical (unpaired) electrons. The summed E-state index contributed by atoms with van der Waals surface area (Å²) in [5.41, 5.74) is 7.53. The van der Waals surface area contributed by atoms with Gasteiger partial charge in [0.2, 0.25) is 5.91 Å². The normalized spacial score (nSPS) is 10.1. The van der Waals surface area contributed by atoms with Crippen LogP contribution in [-0.2, 0) is 13.1 Å². The molecule has 0 unspecified atom stereocenters. The van der Waals surface area contributed by atoms with Crippen LogP contribution in [0, 0.1) is 11.3 Å². The molecule has 0 saturated heterocycles. The fourth-order valence-electron chi connectivity index (χ4n) is 1.63. The Bertz CT molecular complexity index is 610. The number of benzene rings is 1. The Morgan fingerprint density at radius 3 is 2.63 bits per heavy atom. The quantitative estimate of drug-likeness (QED) is 0.873. The molecule has 2 rings (SSSR count). The maximum absolute atomic E-state index is 11.0. The first-order valence-corrected chi connectivity index (χ1v) is 6.64. The number of nitrogens with one attached hydrogen (secondary N) is 1. The molecular weight excluding hydrogens is 258 g/mol. The van der Waals surface area contributed by atoms with Crippen molar-refractivity contribution < 1.29 is 4.79 Å². The predicted octanol–water partition coefficient (Wildman–Crippen LogP) is 2.01. The standard InChI is InChI=1S/C14H13N3OS/c15-6-10-1-3-11(4-2-10)7-17-8-13-5-12(9-19-13)14(16)18/h1-5,9,17H,7-8H2,(H2,16,18). The smallest absolute Gasteiger partial charge is 0.249 e. The van der Waals surface area contributed by atoms with Gasteiger partial charge in [-0.2, -0.15) is 5.26 Å². The van der Waals surface area contributed by atoms with Gasteiger partial charge in [0, 0.05) is 23.3 Å². The highest BCUT2D eigenvalue weighted by molar-refractivity contribution is 7.10. The monoisotopic (exact) mass is 271 g/mol. The van der Waals surface area contributed by atoms with Gasteiger partial charge >= 0.3 is 0 Å². The average Bonchev–Trinajstić information content (AvgIpc) is 2.89. The molecule has 19 heavy (non-hydrogen) atoms. The Labute approximate surface area is 115 Å². The molecule has 0 saturated carbocycles. The van der Waals surface area contributed by atoms with Crippen molar-refractivity contribution in [2.75, 3.05) is 0 Å². The summed E-state index contributed by atoms with van der Waals surface area (Å²) in [4.78, 5) is 12.0. The summed E-state index contributed by atoms with van der Waals surface area (Å²) in [6.07, 6.45) is 0. The minimum absolute atomic E-state index is 0.394. The van der Waals surface area contributed by atoms with Crippen LogP contribution in [0.1, 0.15) is 26.4 Å². The second-order valence-electron chi connectivity index (χ2n) is 4.08. The number of nitrogens with zero attached hydrogens (tertiary/aromatic N) is 1. The van der Waals surface area contributed by atoms with E-state index in [1.165, 1.54) is 11.3 Å². The van der Waals surface area contributed by atoms with E-state index in [-0.39, 0.29) is 0 Å². The van der Waals surface area contributed by atoms with Crippen LogP contribution in [0.3, 0.4) is 0 Å². The second-order valence-corrected chi connectivity index (χ2v) is 5.07. The van der Waals surface area contributed by atoms with Gasteiger partial charge in [-0.3, -0.25) is 4.79 Å². The number of primary amides is 1. The average molecular weight is 271 g/mol. The van der Waals surface area contributed by atoms with Gasteiger partial charge in [-0.15, -0.1) is 11.3 Å². The minimum atomic E-state index is -0.394. The Balaban J connectivity index is 1.85. The SMILES string of the molecule is N#Cc1ccc(CNCc2cc(C(N)=O)cs2)cc1. The number of hydrogen-bond donors (Lipinski definition) is 2. The largest absolute Gasteiger partial charge is 0.366 e. The summed E-state index contributed by atoms with van der Waals surface area (Å²) in [6.45, 7) is 1.41. The lowest BCUT2D eigenvalue weighted by Crippen LogP contribution is -2.12. The van der Waals surface area contributed by atoms with Gasteiger partial charge in [-0.25, -0.2) is 0 Å². The molecule has 0 bridgehead atoms. The molecule has 2 aromatic rings. The van der Waals surface area contributed by atoms with Crippen LogP contribution in [0.2, 0.25) is 0 Å². The van der Waals surface area contributed by atoms with Crippen molar-refractivity contribution in [3.63, 3.8) is 0 Å². The van der Waals surface area contributed by atoms with Gasteiger partial charge in [0.15, 0.2) is 0 Å². The summed E-state index contributed by atoms with van der Waals surface area (Å²) < 4.78 is 0. The Hall–Kier alpha value is -2.16. The van der Waals surface area contributed by atoms with E-state index < -0.39 is 5.91 Å². The molecule has 0 spiro atoms. The van der Waals surface area contributed by atoms with Crippen LogP contribution in [0.4, 0.5) is 0 Å². The fraction of sp³-hybridized carbons (Fsp3) is 0.143. The number of carbonyl (C=O) groups is 1. The van der Waals surface area contributed by atoms with Gasteiger partial charge < -0.3 is 11.1 Å². The molecule has 0 aliphatic heterocycles. The fourth-order valence-corrected chi connectivity index (χ4v) is 2.47. The van der Waals surface area contributed by atoms with E-state index in [1.807, 2.05) is 12.1 Å². The van der Waals surface area contributed by atoms with Crippen molar-refractivity contribution in [3.05, 3.63) is 57.3 Å². The highest BCUT2D eigenvalue weighted by Gasteiger charge is 2.04. The Kier molecular flexibility index (Phi) is 4.29. The number of amides is 1. The maximum Gasteiger partial charge on any atom is 0.249 e. The van der Waals surface area contributed by atoms with Crippen LogP contribution >= 0.6 is 11.3 Å². The maximum atomic E-state index is 11.0. The van der Waals surface area contributed by atoms with Crippen LogP contribution in [-0.4, -0.2) is 5.91 Å². The number of nitrogens with two attached hydrogens (primary N) is 1. The molecule has 3 N–H and O–H groups in total. The highest BCUT2D eigenvalue weighted by atomic mass is 32.1. The molecule has 96 valence electrons. The zero-order valence-corrected chi connectivity index (χ0v) is 11.0. The minimum Gasteiger partial charge on any atom is -0.366 e. The molecule has 1 amide bonds. The zero-order valence-electron chi connectivity index (χ0n) is 10.2. The molecule has 4 nitrogen and oxygen atoms in total. The number of carbonyl (C=O) groups excluding carboxylic acids is 1. The third-order valence-electron chi connectivity index (χ3n) is 2.65. The third-order valence-corrected chi connectivity index (χ3v) is 3.59. The van der Waals surface area contributed by atoms with E-state index in [0.717, 1.165) is 17.0 Å². The molecule has 0 aliphatic rings. The van der Waals surface area contributed by atoms with Crippen molar-refractivity contribution in [1.29, 1.82) is 5.26 Å². The van der Waals surface area contributed by atoms with Crippen molar-refractivity contribution in [3.8, 4) is 6.07 Å². The van der Waals surface area contributed by atoms with E-state index in [2.05, 4.69) is 11.4 Å². The summed E-state index contributed by atoms with van der Waals surface area (Å²) in [6, 6.07) is 11.3. The first kappa shape index (κ1) is 13.3. The van der Waals surface area contributed by atoms with E-state index in [1.54, 1.807) is 23.6 Å². The van der Waals surface area contributed by atoms with Gasteiger partial charge in [0.05, 0.1) is 17.2 Å². The molecular formula is C14H13N3OS. The lowest BCUT2D eigenvalue weighted by Gasteiger charge is -2.03. The summed E-state index contributed by atoms with van der Waals surface area (Å²) in [7, 11) is 0. The molecule has 5 heteroatoms. The first-order valence-electron chi connectivity index (χ1n) is 5.76. The van der Waals surface area contributed by atoms with Crippen molar-refractivity contribution in [2.24, 2.45) is 5.73 Å². The van der Waals surface area contributed by atoms with Crippen LogP contribution < -0.4 is 11.1 Å². The summed E-state index contributed by atoms with van der Waals surface area (Å²) in [5.74, 6) is -0.394. The molecule has 1 heterocycles. The van der Waals surface area contributed by atoms with E-state index in [0.29, 0.717) is 17.7 Å². The molecule has 0 atom stereocenters. The van der Waals surface area contributed by atoms with Crippen molar-refractivity contribution in [1.82, 2.24) is 5.32 Å². The number of rotatable bonds is 5. The van der Waals surface area contributed by atoms with Crippen molar-refractivity contribution in [2.45, 2.75) is 13.1 Å². The van der Waals surface area contributed by atoms with Gasteiger partial charge in [0.1, 0.15) is 0 Å². The predicted molar refractivity (Wildman–Crippen MR) is 74.5 cm³/mol. The molecule has 1 aromatic heterocycles. The van der Waals surface area contributed by atoms with Gasteiger partial charge in [-0.1, -0.05) is 12.1 Å². The first-order chi connectivity index (χ1) is 9.19. The second kappa shape index (κ2) is 6.14. The third kappa shape index (κ3) is 3.65. The molecule has 0 aliphatic carbocycles.